The first kappa shape index (κ1) is 12.0. The lowest BCUT2D eigenvalue weighted by Crippen LogP contribution is -2.30. The van der Waals surface area contributed by atoms with Crippen LogP contribution in [0.2, 0.25) is 0 Å². The molecule has 3 rings (SSSR count). The fourth-order valence-corrected chi connectivity index (χ4v) is 2.63. The summed E-state index contributed by atoms with van der Waals surface area (Å²) >= 11 is 0. The number of nitrogens with zero attached hydrogens (tertiary/aromatic N) is 2. The van der Waals surface area contributed by atoms with Gasteiger partial charge in [-0.2, -0.15) is 5.26 Å². The van der Waals surface area contributed by atoms with E-state index < -0.39 is 0 Å². The fraction of sp³-hybridized carbons (Fsp3) is 0.312. The lowest BCUT2D eigenvalue weighted by atomic mass is 10.1. The van der Waals surface area contributed by atoms with E-state index in [4.69, 9.17) is 5.26 Å². The standard InChI is InChI=1S/C16H17N3/c17-11-13-5-8-19(9-6-13)10-7-14-12-18-16-4-2-1-3-15(14)16/h1-5,12,18H,6-10H2. The van der Waals surface area contributed by atoms with Crippen LogP contribution in [0.1, 0.15) is 12.0 Å². The van der Waals surface area contributed by atoms with Crippen molar-refractivity contribution < 1.29 is 0 Å². The summed E-state index contributed by atoms with van der Waals surface area (Å²) in [5.74, 6) is 0. The maximum atomic E-state index is 8.83. The van der Waals surface area contributed by atoms with E-state index in [1.807, 2.05) is 0 Å². The highest BCUT2D eigenvalue weighted by molar-refractivity contribution is 5.83. The summed E-state index contributed by atoms with van der Waals surface area (Å²) < 4.78 is 0. The van der Waals surface area contributed by atoms with Crippen molar-refractivity contribution in [3.05, 3.63) is 47.7 Å². The third-order valence-electron chi connectivity index (χ3n) is 3.81. The number of nitriles is 1. The Labute approximate surface area is 113 Å². The molecular formula is C16H17N3. The second-order valence-corrected chi connectivity index (χ2v) is 5.00. The molecule has 0 fully saturated rings. The van der Waals surface area contributed by atoms with E-state index in [2.05, 4.69) is 52.5 Å². The zero-order valence-electron chi connectivity index (χ0n) is 10.9. The Bertz CT molecular complexity index is 645. The van der Waals surface area contributed by atoms with Gasteiger partial charge in [-0.1, -0.05) is 24.3 Å². The molecule has 3 heteroatoms. The predicted octanol–water partition coefficient (Wildman–Crippen LogP) is 2.87. The highest BCUT2D eigenvalue weighted by atomic mass is 15.1. The van der Waals surface area contributed by atoms with Gasteiger partial charge in [-0.25, -0.2) is 0 Å². The van der Waals surface area contributed by atoms with Crippen LogP contribution >= 0.6 is 0 Å². The zero-order valence-corrected chi connectivity index (χ0v) is 10.9. The van der Waals surface area contributed by atoms with Gasteiger partial charge in [-0.15, -0.1) is 0 Å². The summed E-state index contributed by atoms with van der Waals surface area (Å²) in [6.07, 6.45) is 6.12. The first-order chi connectivity index (χ1) is 9.36. The van der Waals surface area contributed by atoms with Crippen molar-refractivity contribution in [1.29, 1.82) is 5.26 Å². The molecule has 0 radical (unpaired) electrons. The van der Waals surface area contributed by atoms with Crippen LogP contribution in [0.25, 0.3) is 10.9 Å². The molecule has 0 unspecified atom stereocenters. The average Bonchev–Trinajstić information content (AvgIpc) is 2.89. The molecule has 0 atom stereocenters. The molecule has 1 aliphatic heterocycles. The normalized spacial score (nSPS) is 16.3. The molecule has 96 valence electrons. The molecule has 1 aromatic carbocycles. The van der Waals surface area contributed by atoms with Gasteiger partial charge in [0.1, 0.15) is 0 Å². The minimum Gasteiger partial charge on any atom is -0.361 e. The van der Waals surface area contributed by atoms with Gasteiger partial charge >= 0.3 is 0 Å². The Kier molecular flexibility index (Phi) is 3.35. The highest BCUT2D eigenvalue weighted by Gasteiger charge is 2.12. The average molecular weight is 251 g/mol. The second kappa shape index (κ2) is 5.29. The van der Waals surface area contributed by atoms with Gasteiger partial charge in [-0.3, -0.25) is 4.90 Å². The second-order valence-electron chi connectivity index (χ2n) is 5.00. The number of aromatic nitrogens is 1. The van der Waals surface area contributed by atoms with Gasteiger partial charge in [0.15, 0.2) is 0 Å². The molecule has 0 aliphatic carbocycles. The molecule has 1 aliphatic rings. The van der Waals surface area contributed by atoms with Crippen LogP contribution in [0.15, 0.2) is 42.1 Å². The maximum absolute atomic E-state index is 8.83. The number of aromatic amines is 1. The van der Waals surface area contributed by atoms with E-state index in [0.717, 1.165) is 38.0 Å². The Morgan fingerprint density at radius 3 is 3.00 bits per heavy atom. The van der Waals surface area contributed by atoms with E-state index >= 15 is 0 Å². The molecule has 2 heterocycles. The van der Waals surface area contributed by atoms with E-state index in [-0.39, 0.29) is 0 Å². The highest BCUT2D eigenvalue weighted by Crippen LogP contribution is 2.19. The van der Waals surface area contributed by atoms with Crippen molar-refractivity contribution in [2.75, 3.05) is 19.6 Å². The Morgan fingerprint density at radius 2 is 2.21 bits per heavy atom. The van der Waals surface area contributed by atoms with Gasteiger partial charge in [0.25, 0.3) is 0 Å². The third-order valence-corrected chi connectivity index (χ3v) is 3.81. The Morgan fingerprint density at radius 1 is 1.32 bits per heavy atom. The van der Waals surface area contributed by atoms with Crippen LogP contribution in [-0.4, -0.2) is 29.5 Å². The van der Waals surface area contributed by atoms with Crippen LogP contribution in [0, 0.1) is 11.3 Å². The number of nitrogens with one attached hydrogen (secondary N) is 1. The molecule has 0 bridgehead atoms. The topological polar surface area (TPSA) is 42.8 Å². The number of hydrogen-bond acceptors (Lipinski definition) is 2. The summed E-state index contributed by atoms with van der Waals surface area (Å²) in [5.41, 5.74) is 3.52. The van der Waals surface area contributed by atoms with Crippen LogP contribution in [0.3, 0.4) is 0 Å². The molecule has 0 spiro atoms. The Balaban J connectivity index is 1.64. The van der Waals surface area contributed by atoms with Crippen molar-refractivity contribution in [2.45, 2.75) is 12.8 Å². The minimum absolute atomic E-state index is 0.893. The van der Waals surface area contributed by atoms with Gasteiger partial charge in [0.05, 0.1) is 6.07 Å². The Hall–Kier alpha value is -2.05. The molecule has 0 amide bonds. The summed E-state index contributed by atoms with van der Waals surface area (Å²) in [6.45, 7) is 2.96. The van der Waals surface area contributed by atoms with Crippen molar-refractivity contribution in [2.24, 2.45) is 0 Å². The van der Waals surface area contributed by atoms with E-state index in [9.17, 15) is 0 Å². The zero-order chi connectivity index (χ0) is 13.1. The number of H-pyrrole nitrogens is 1. The number of benzene rings is 1. The molecule has 1 N–H and O–H groups in total. The van der Waals surface area contributed by atoms with E-state index in [1.54, 1.807) is 0 Å². The van der Waals surface area contributed by atoms with Gasteiger partial charge in [0, 0.05) is 42.3 Å². The van der Waals surface area contributed by atoms with Gasteiger partial charge in [0.2, 0.25) is 0 Å². The third kappa shape index (κ3) is 2.54. The van der Waals surface area contributed by atoms with Crippen LogP contribution in [-0.2, 0) is 6.42 Å². The molecular weight excluding hydrogens is 234 g/mol. The maximum Gasteiger partial charge on any atom is 0.0944 e. The lowest BCUT2D eigenvalue weighted by molar-refractivity contribution is 0.300. The molecule has 0 saturated carbocycles. The number of fused-ring (bicyclic) bond motifs is 1. The fourth-order valence-electron chi connectivity index (χ4n) is 2.63. The van der Waals surface area contributed by atoms with Crippen molar-refractivity contribution in [3.8, 4) is 6.07 Å². The minimum atomic E-state index is 0.893. The molecule has 0 saturated heterocycles. The van der Waals surface area contributed by atoms with E-state index in [0.29, 0.717) is 0 Å². The smallest absolute Gasteiger partial charge is 0.0944 e. The number of para-hydroxylation sites is 1. The van der Waals surface area contributed by atoms with Crippen molar-refractivity contribution in [1.82, 2.24) is 9.88 Å². The molecule has 2 aromatic rings. The predicted molar refractivity (Wildman–Crippen MR) is 76.8 cm³/mol. The van der Waals surface area contributed by atoms with E-state index in [1.165, 1.54) is 16.5 Å². The summed E-state index contributed by atoms with van der Waals surface area (Å²) in [5, 5.41) is 10.2. The van der Waals surface area contributed by atoms with Crippen LogP contribution in [0.4, 0.5) is 0 Å². The quantitative estimate of drug-likeness (QED) is 0.911. The summed E-state index contributed by atoms with van der Waals surface area (Å²) in [4.78, 5) is 5.72. The number of hydrogen-bond donors (Lipinski definition) is 1. The van der Waals surface area contributed by atoms with Crippen molar-refractivity contribution in [3.63, 3.8) is 0 Å². The summed E-state index contributed by atoms with van der Waals surface area (Å²) in [7, 11) is 0. The first-order valence-corrected chi connectivity index (χ1v) is 6.73. The van der Waals surface area contributed by atoms with Crippen LogP contribution < -0.4 is 0 Å². The molecule has 3 nitrogen and oxygen atoms in total. The molecule has 1 aromatic heterocycles. The van der Waals surface area contributed by atoms with Gasteiger partial charge < -0.3 is 4.98 Å². The summed E-state index contributed by atoms with van der Waals surface area (Å²) in [6, 6.07) is 10.7. The SMILES string of the molecule is N#CC1=CCN(CCc2c[nH]c3ccccc23)CC1. The monoisotopic (exact) mass is 251 g/mol. The lowest BCUT2D eigenvalue weighted by Gasteiger charge is -2.24. The van der Waals surface area contributed by atoms with Gasteiger partial charge in [-0.05, 0) is 24.5 Å². The van der Waals surface area contributed by atoms with Crippen molar-refractivity contribution >= 4 is 10.9 Å². The largest absolute Gasteiger partial charge is 0.361 e. The first-order valence-electron chi connectivity index (χ1n) is 6.73. The molecule has 19 heavy (non-hydrogen) atoms. The van der Waals surface area contributed by atoms with Crippen LogP contribution in [0.5, 0.6) is 0 Å². The number of rotatable bonds is 3.